The summed E-state index contributed by atoms with van der Waals surface area (Å²) in [5.41, 5.74) is 7.61. The van der Waals surface area contributed by atoms with E-state index in [0.717, 1.165) is 23.6 Å². The van der Waals surface area contributed by atoms with Crippen LogP contribution in [0.1, 0.15) is 19.5 Å². The second-order valence-electron chi connectivity index (χ2n) is 3.61. The van der Waals surface area contributed by atoms with Gasteiger partial charge >= 0.3 is 0 Å². The molecule has 0 bridgehead atoms. The topological polar surface area (TPSA) is 66.0 Å². The van der Waals surface area contributed by atoms with E-state index in [1.165, 1.54) is 0 Å². The van der Waals surface area contributed by atoms with Crippen LogP contribution in [0.25, 0.3) is 5.69 Å². The standard InChI is InChI=1S/C12H16N4O/c1-3-11-12(13)14-15-16(11)9-5-7-10(8-6-9)17-4-2/h5-8H,3-4,13H2,1-2H3. The van der Waals surface area contributed by atoms with Crippen LogP contribution < -0.4 is 10.5 Å². The van der Waals surface area contributed by atoms with Gasteiger partial charge in [-0.05, 0) is 37.6 Å². The van der Waals surface area contributed by atoms with Gasteiger partial charge in [0.1, 0.15) is 5.75 Å². The molecule has 2 N–H and O–H groups in total. The van der Waals surface area contributed by atoms with Crippen LogP contribution in [0.4, 0.5) is 5.82 Å². The Morgan fingerprint density at radius 1 is 1.24 bits per heavy atom. The lowest BCUT2D eigenvalue weighted by molar-refractivity contribution is 0.340. The Kier molecular flexibility index (Phi) is 3.27. The zero-order valence-electron chi connectivity index (χ0n) is 10.1. The Bertz CT molecular complexity index is 490. The molecule has 0 fully saturated rings. The first-order valence-corrected chi connectivity index (χ1v) is 5.69. The van der Waals surface area contributed by atoms with Crippen LogP contribution in [0.5, 0.6) is 5.75 Å². The highest BCUT2D eigenvalue weighted by molar-refractivity contribution is 5.42. The van der Waals surface area contributed by atoms with Crippen LogP contribution in [0.3, 0.4) is 0 Å². The van der Waals surface area contributed by atoms with Gasteiger partial charge in [-0.3, -0.25) is 0 Å². The lowest BCUT2D eigenvalue weighted by Crippen LogP contribution is -2.02. The minimum atomic E-state index is 0.487. The summed E-state index contributed by atoms with van der Waals surface area (Å²) in [4.78, 5) is 0. The molecule has 0 saturated heterocycles. The fraction of sp³-hybridized carbons (Fsp3) is 0.333. The van der Waals surface area contributed by atoms with Gasteiger partial charge in [-0.1, -0.05) is 12.1 Å². The Labute approximate surface area is 100 Å². The first-order valence-electron chi connectivity index (χ1n) is 5.69. The summed E-state index contributed by atoms with van der Waals surface area (Å²) < 4.78 is 7.14. The van der Waals surface area contributed by atoms with E-state index in [9.17, 15) is 0 Å². The third kappa shape index (κ3) is 2.22. The summed E-state index contributed by atoms with van der Waals surface area (Å²) >= 11 is 0. The molecule has 0 unspecified atom stereocenters. The molecule has 90 valence electrons. The first kappa shape index (κ1) is 11.4. The summed E-state index contributed by atoms with van der Waals surface area (Å²) in [5.74, 6) is 1.34. The monoisotopic (exact) mass is 232 g/mol. The highest BCUT2D eigenvalue weighted by Gasteiger charge is 2.09. The van der Waals surface area contributed by atoms with Crippen molar-refractivity contribution in [2.24, 2.45) is 0 Å². The average molecular weight is 232 g/mol. The molecule has 0 aliphatic rings. The van der Waals surface area contributed by atoms with E-state index in [-0.39, 0.29) is 0 Å². The predicted octanol–water partition coefficient (Wildman–Crippen LogP) is 1.81. The van der Waals surface area contributed by atoms with Gasteiger partial charge in [0.25, 0.3) is 0 Å². The molecule has 1 aromatic carbocycles. The molecule has 0 aliphatic carbocycles. The van der Waals surface area contributed by atoms with Crippen molar-refractivity contribution >= 4 is 5.82 Å². The predicted molar refractivity (Wildman–Crippen MR) is 66.3 cm³/mol. The SMILES string of the molecule is CCOc1ccc(-n2nnc(N)c2CC)cc1. The number of rotatable bonds is 4. The second kappa shape index (κ2) is 4.86. The van der Waals surface area contributed by atoms with Crippen molar-refractivity contribution in [2.45, 2.75) is 20.3 Å². The van der Waals surface area contributed by atoms with Crippen LogP contribution in [-0.2, 0) is 6.42 Å². The van der Waals surface area contributed by atoms with Crippen molar-refractivity contribution < 1.29 is 4.74 Å². The third-order valence-corrected chi connectivity index (χ3v) is 2.52. The zero-order valence-corrected chi connectivity index (χ0v) is 10.1. The van der Waals surface area contributed by atoms with Gasteiger partial charge in [-0.2, -0.15) is 0 Å². The normalized spacial score (nSPS) is 10.5. The molecule has 2 rings (SSSR count). The molecule has 1 aromatic heterocycles. The Hall–Kier alpha value is -2.04. The summed E-state index contributed by atoms with van der Waals surface area (Å²) in [5, 5.41) is 7.92. The molecular formula is C12H16N4O. The van der Waals surface area contributed by atoms with Gasteiger partial charge in [0.05, 0.1) is 18.0 Å². The van der Waals surface area contributed by atoms with Crippen LogP contribution >= 0.6 is 0 Å². The molecular weight excluding hydrogens is 216 g/mol. The molecule has 0 atom stereocenters. The smallest absolute Gasteiger partial charge is 0.169 e. The van der Waals surface area contributed by atoms with Crippen LogP contribution in [-0.4, -0.2) is 21.6 Å². The lowest BCUT2D eigenvalue weighted by atomic mass is 10.2. The van der Waals surface area contributed by atoms with Crippen molar-refractivity contribution in [3.05, 3.63) is 30.0 Å². The average Bonchev–Trinajstić information content (AvgIpc) is 2.72. The fourth-order valence-electron chi connectivity index (χ4n) is 1.70. The first-order chi connectivity index (χ1) is 8.26. The van der Waals surface area contributed by atoms with Gasteiger partial charge in [0.15, 0.2) is 5.82 Å². The summed E-state index contributed by atoms with van der Waals surface area (Å²) in [7, 11) is 0. The van der Waals surface area contributed by atoms with Gasteiger partial charge in [0, 0.05) is 0 Å². The minimum Gasteiger partial charge on any atom is -0.494 e. The molecule has 0 amide bonds. The highest BCUT2D eigenvalue weighted by atomic mass is 16.5. The van der Waals surface area contributed by atoms with E-state index in [0.29, 0.717) is 12.4 Å². The fourth-order valence-corrected chi connectivity index (χ4v) is 1.70. The lowest BCUT2D eigenvalue weighted by Gasteiger charge is -2.06. The number of aromatic nitrogens is 3. The summed E-state index contributed by atoms with van der Waals surface area (Å²) in [6.45, 7) is 4.65. The van der Waals surface area contributed by atoms with Crippen molar-refractivity contribution in [3.8, 4) is 11.4 Å². The number of anilines is 1. The number of hydrogen-bond acceptors (Lipinski definition) is 4. The van der Waals surface area contributed by atoms with Crippen molar-refractivity contribution in [2.75, 3.05) is 12.3 Å². The number of nitrogens with zero attached hydrogens (tertiary/aromatic N) is 3. The maximum absolute atomic E-state index is 5.75. The van der Waals surface area contributed by atoms with E-state index < -0.39 is 0 Å². The van der Waals surface area contributed by atoms with Crippen molar-refractivity contribution in [1.82, 2.24) is 15.0 Å². The van der Waals surface area contributed by atoms with Gasteiger partial charge in [-0.15, -0.1) is 5.10 Å². The molecule has 0 saturated carbocycles. The van der Waals surface area contributed by atoms with Gasteiger partial charge in [0.2, 0.25) is 0 Å². The molecule has 17 heavy (non-hydrogen) atoms. The van der Waals surface area contributed by atoms with E-state index in [1.54, 1.807) is 4.68 Å². The highest BCUT2D eigenvalue weighted by Crippen LogP contribution is 2.18. The number of benzene rings is 1. The van der Waals surface area contributed by atoms with Gasteiger partial charge < -0.3 is 10.5 Å². The van der Waals surface area contributed by atoms with E-state index >= 15 is 0 Å². The molecule has 0 aliphatic heterocycles. The molecule has 0 radical (unpaired) electrons. The number of nitrogens with two attached hydrogens (primary N) is 1. The molecule has 0 spiro atoms. The van der Waals surface area contributed by atoms with Crippen molar-refractivity contribution in [1.29, 1.82) is 0 Å². The summed E-state index contributed by atoms with van der Waals surface area (Å²) in [6.07, 6.45) is 0.798. The number of ether oxygens (including phenoxy) is 1. The van der Waals surface area contributed by atoms with Crippen LogP contribution in [0.15, 0.2) is 24.3 Å². The molecule has 2 aromatic rings. The molecule has 5 heteroatoms. The van der Waals surface area contributed by atoms with Crippen LogP contribution in [0.2, 0.25) is 0 Å². The number of hydrogen-bond donors (Lipinski definition) is 1. The summed E-state index contributed by atoms with van der Waals surface area (Å²) in [6, 6.07) is 7.71. The van der Waals surface area contributed by atoms with E-state index in [4.69, 9.17) is 10.5 Å². The second-order valence-corrected chi connectivity index (χ2v) is 3.61. The van der Waals surface area contributed by atoms with Crippen LogP contribution in [0, 0.1) is 0 Å². The molecule has 1 heterocycles. The number of nitrogen functional groups attached to an aromatic ring is 1. The maximum atomic E-state index is 5.75. The Morgan fingerprint density at radius 2 is 1.94 bits per heavy atom. The zero-order chi connectivity index (χ0) is 12.3. The molecule has 5 nitrogen and oxygen atoms in total. The Morgan fingerprint density at radius 3 is 2.53 bits per heavy atom. The minimum absolute atomic E-state index is 0.487. The van der Waals surface area contributed by atoms with E-state index in [2.05, 4.69) is 10.3 Å². The largest absolute Gasteiger partial charge is 0.494 e. The van der Waals surface area contributed by atoms with E-state index in [1.807, 2.05) is 38.1 Å². The maximum Gasteiger partial charge on any atom is 0.169 e. The van der Waals surface area contributed by atoms with Gasteiger partial charge in [-0.25, -0.2) is 4.68 Å². The Balaban J connectivity index is 2.33. The third-order valence-electron chi connectivity index (χ3n) is 2.52. The van der Waals surface area contributed by atoms with Crippen molar-refractivity contribution in [3.63, 3.8) is 0 Å². The quantitative estimate of drug-likeness (QED) is 0.873.